The lowest BCUT2D eigenvalue weighted by Crippen LogP contribution is -2.02. The Hall–Kier alpha value is -2.15. The Morgan fingerprint density at radius 3 is 2.67 bits per heavy atom. The van der Waals surface area contributed by atoms with E-state index >= 15 is 0 Å². The molecule has 0 aliphatic heterocycles. The number of benzene rings is 1. The second kappa shape index (κ2) is 6.53. The summed E-state index contributed by atoms with van der Waals surface area (Å²) in [4.78, 5) is 15.2. The zero-order chi connectivity index (χ0) is 15.4. The van der Waals surface area contributed by atoms with Crippen LogP contribution in [0.3, 0.4) is 0 Å². The van der Waals surface area contributed by atoms with Gasteiger partial charge < -0.3 is 19.1 Å². The number of imidazole rings is 1. The Kier molecular flexibility index (Phi) is 4.74. The van der Waals surface area contributed by atoms with Crippen LogP contribution in [0.1, 0.15) is 0 Å². The average molecular weight is 308 g/mol. The lowest BCUT2D eigenvalue weighted by molar-refractivity contribution is -0.133. The first kappa shape index (κ1) is 15.2. The minimum atomic E-state index is -0.882. The highest BCUT2D eigenvalue weighted by molar-refractivity contribution is 7.99. The maximum absolute atomic E-state index is 10.7. The van der Waals surface area contributed by atoms with Crippen molar-refractivity contribution >= 4 is 28.8 Å². The maximum atomic E-state index is 10.7. The number of aromatic nitrogens is 2. The van der Waals surface area contributed by atoms with Crippen LogP contribution >= 0.6 is 11.8 Å². The number of rotatable bonds is 7. The highest BCUT2D eigenvalue weighted by atomic mass is 32.2. The zero-order valence-electron chi connectivity index (χ0n) is 11.8. The molecule has 0 bridgehead atoms. The number of fused-ring (bicyclic) bond motifs is 1. The van der Waals surface area contributed by atoms with Crippen LogP contribution < -0.4 is 9.47 Å². The van der Waals surface area contributed by atoms with Crippen molar-refractivity contribution in [2.24, 2.45) is 0 Å². The predicted octanol–water partition coefficient (Wildman–Crippen LogP) is 2.42. The van der Waals surface area contributed by atoms with Crippen LogP contribution in [0.4, 0.5) is 0 Å². The molecule has 1 N–H and O–H groups in total. The molecule has 1 aromatic carbocycles. The third-order valence-corrected chi connectivity index (χ3v) is 3.82. The number of carbonyl (C=O) groups is 1. The van der Waals surface area contributed by atoms with Crippen molar-refractivity contribution in [1.82, 2.24) is 9.55 Å². The van der Waals surface area contributed by atoms with E-state index in [1.807, 2.05) is 10.6 Å². The molecule has 21 heavy (non-hydrogen) atoms. The van der Waals surface area contributed by atoms with E-state index in [4.69, 9.17) is 14.6 Å². The molecule has 6 nitrogen and oxygen atoms in total. The fourth-order valence-corrected chi connectivity index (χ4v) is 2.72. The molecule has 7 heteroatoms. The van der Waals surface area contributed by atoms with Crippen LogP contribution in [0.15, 0.2) is 29.9 Å². The number of hydrogen-bond acceptors (Lipinski definition) is 5. The molecule has 1 aromatic heterocycles. The van der Waals surface area contributed by atoms with E-state index in [2.05, 4.69) is 11.6 Å². The molecule has 2 aromatic rings. The van der Waals surface area contributed by atoms with Crippen molar-refractivity contribution in [2.45, 2.75) is 11.7 Å². The van der Waals surface area contributed by atoms with Gasteiger partial charge in [-0.2, -0.15) is 0 Å². The van der Waals surface area contributed by atoms with Crippen LogP contribution in [0.2, 0.25) is 0 Å². The molecule has 0 saturated carbocycles. The van der Waals surface area contributed by atoms with Gasteiger partial charge in [-0.15, -0.1) is 6.58 Å². The molecular weight excluding hydrogens is 292 g/mol. The molecule has 0 aliphatic rings. The standard InChI is InChI=1S/C14H16N2O4S/c1-4-5-16-10-7-12(20-3)11(19-2)6-9(10)15-14(16)21-8-13(17)18/h4,6-7H,1,5,8H2,2-3H3,(H,17,18). The number of hydrogen-bond donors (Lipinski definition) is 1. The summed E-state index contributed by atoms with van der Waals surface area (Å²) in [6.45, 7) is 4.26. The molecule has 1 heterocycles. The predicted molar refractivity (Wildman–Crippen MR) is 81.4 cm³/mol. The minimum absolute atomic E-state index is 0.0469. The summed E-state index contributed by atoms with van der Waals surface area (Å²) in [7, 11) is 3.13. The van der Waals surface area contributed by atoms with Gasteiger partial charge in [0.15, 0.2) is 16.7 Å². The summed E-state index contributed by atoms with van der Waals surface area (Å²) in [5.41, 5.74) is 1.57. The van der Waals surface area contributed by atoms with Crippen molar-refractivity contribution in [1.29, 1.82) is 0 Å². The Morgan fingerprint density at radius 1 is 1.43 bits per heavy atom. The van der Waals surface area contributed by atoms with E-state index in [0.717, 1.165) is 11.0 Å². The second-order valence-electron chi connectivity index (χ2n) is 4.17. The van der Waals surface area contributed by atoms with E-state index in [9.17, 15) is 4.79 Å². The highest BCUT2D eigenvalue weighted by Gasteiger charge is 2.15. The molecule has 0 fully saturated rings. The third-order valence-electron chi connectivity index (χ3n) is 2.85. The Bertz CT molecular complexity index is 681. The second-order valence-corrected chi connectivity index (χ2v) is 5.11. The SMILES string of the molecule is C=CCn1c(SCC(=O)O)nc2cc(OC)c(OC)cc21. The van der Waals surface area contributed by atoms with Crippen LogP contribution in [0.25, 0.3) is 11.0 Å². The Labute approximate surface area is 126 Å². The van der Waals surface area contributed by atoms with Gasteiger partial charge in [-0.1, -0.05) is 17.8 Å². The first-order valence-electron chi connectivity index (χ1n) is 6.18. The van der Waals surface area contributed by atoms with E-state index < -0.39 is 5.97 Å². The van der Waals surface area contributed by atoms with E-state index in [1.165, 1.54) is 11.8 Å². The number of carboxylic acids is 1. The van der Waals surface area contributed by atoms with Crippen LogP contribution in [0, 0.1) is 0 Å². The molecule has 0 amide bonds. The number of thioether (sulfide) groups is 1. The van der Waals surface area contributed by atoms with Crippen molar-refractivity contribution in [3.63, 3.8) is 0 Å². The van der Waals surface area contributed by atoms with Crippen LogP contribution in [-0.4, -0.2) is 40.6 Å². The number of carboxylic acid groups (broad SMARTS) is 1. The van der Waals surface area contributed by atoms with Crippen molar-refractivity contribution in [3.05, 3.63) is 24.8 Å². The van der Waals surface area contributed by atoms with E-state index in [0.29, 0.717) is 23.2 Å². The lowest BCUT2D eigenvalue weighted by atomic mass is 10.2. The maximum Gasteiger partial charge on any atom is 0.313 e. The quantitative estimate of drug-likeness (QED) is 0.625. The van der Waals surface area contributed by atoms with Crippen molar-refractivity contribution in [2.75, 3.05) is 20.0 Å². The summed E-state index contributed by atoms with van der Waals surface area (Å²) in [5, 5.41) is 9.44. The molecular formula is C14H16N2O4S. The van der Waals surface area contributed by atoms with Gasteiger partial charge in [0.25, 0.3) is 0 Å². The molecule has 0 spiro atoms. The molecule has 0 saturated heterocycles. The van der Waals surface area contributed by atoms with Gasteiger partial charge in [0, 0.05) is 18.7 Å². The summed E-state index contributed by atoms with van der Waals surface area (Å²) >= 11 is 1.17. The normalized spacial score (nSPS) is 10.6. The van der Waals surface area contributed by atoms with Gasteiger partial charge >= 0.3 is 5.97 Å². The molecule has 2 rings (SSSR count). The summed E-state index contributed by atoms with van der Waals surface area (Å²) in [6.07, 6.45) is 1.74. The van der Waals surface area contributed by atoms with Crippen LogP contribution in [0.5, 0.6) is 11.5 Å². The minimum Gasteiger partial charge on any atom is -0.493 e. The molecule has 112 valence electrons. The molecule has 0 atom stereocenters. The monoisotopic (exact) mass is 308 g/mol. The average Bonchev–Trinajstić information content (AvgIpc) is 2.81. The number of aliphatic carboxylic acids is 1. The van der Waals surface area contributed by atoms with E-state index in [1.54, 1.807) is 26.4 Å². The highest BCUT2D eigenvalue weighted by Crippen LogP contribution is 2.34. The summed E-state index contributed by atoms with van der Waals surface area (Å²) < 4.78 is 12.4. The largest absolute Gasteiger partial charge is 0.493 e. The van der Waals surface area contributed by atoms with Crippen molar-refractivity contribution < 1.29 is 19.4 Å². The molecule has 0 aliphatic carbocycles. The van der Waals surface area contributed by atoms with Gasteiger partial charge in [0.2, 0.25) is 0 Å². The Morgan fingerprint density at radius 2 is 2.10 bits per heavy atom. The topological polar surface area (TPSA) is 73.6 Å². The fraction of sp³-hybridized carbons (Fsp3) is 0.286. The number of methoxy groups -OCH3 is 2. The van der Waals surface area contributed by atoms with Gasteiger partial charge in [0.1, 0.15) is 0 Å². The smallest absolute Gasteiger partial charge is 0.313 e. The van der Waals surface area contributed by atoms with E-state index in [-0.39, 0.29) is 5.75 Å². The first-order valence-corrected chi connectivity index (χ1v) is 7.17. The van der Waals surface area contributed by atoms with Gasteiger partial charge in [-0.25, -0.2) is 4.98 Å². The zero-order valence-corrected chi connectivity index (χ0v) is 12.6. The third kappa shape index (κ3) is 3.13. The van der Waals surface area contributed by atoms with Gasteiger partial charge in [-0.05, 0) is 0 Å². The van der Waals surface area contributed by atoms with Gasteiger partial charge in [0.05, 0.1) is 31.0 Å². The number of nitrogens with zero attached hydrogens (tertiary/aromatic N) is 2. The van der Waals surface area contributed by atoms with Crippen LogP contribution in [-0.2, 0) is 11.3 Å². The molecule has 0 unspecified atom stereocenters. The Balaban J connectivity index is 2.55. The van der Waals surface area contributed by atoms with Crippen molar-refractivity contribution in [3.8, 4) is 11.5 Å². The summed E-state index contributed by atoms with van der Waals surface area (Å²) in [6, 6.07) is 3.61. The number of allylic oxidation sites excluding steroid dienone is 1. The summed E-state index contributed by atoms with van der Waals surface area (Å²) in [5.74, 6) is 0.259. The lowest BCUT2D eigenvalue weighted by Gasteiger charge is -2.08. The first-order chi connectivity index (χ1) is 10.1. The molecule has 0 radical (unpaired) electrons. The fourth-order valence-electron chi connectivity index (χ4n) is 1.97. The van der Waals surface area contributed by atoms with Gasteiger partial charge in [-0.3, -0.25) is 4.79 Å². The number of ether oxygens (including phenoxy) is 2.